The summed E-state index contributed by atoms with van der Waals surface area (Å²) in [6.45, 7) is 0. The molecule has 7 nitrogen and oxygen atoms in total. The SMILES string of the molecule is Cn1cc([N+](=O)[O-])c(NC2CCCC2N)n1. The smallest absolute Gasteiger partial charge is 0.330 e. The van der Waals surface area contributed by atoms with Crippen molar-refractivity contribution in [3.63, 3.8) is 0 Å². The van der Waals surface area contributed by atoms with Crippen LogP contribution in [-0.2, 0) is 7.05 Å². The summed E-state index contributed by atoms with van der Waals surface area (Å²) in [7, 11) is 1.66. The third kappa shape index (κ3) is 1.99. The second kappa shape index (κ2) is 4.09. The van der Waals surface area contributed by atoms with Gasteiger partial charge in [0, 0.05) is 19.1 Å². The summed E-state index contributed by atoms with van der Waals surface area (Å²) >= 11 is 0. The molecule has 0 aromatic carbocycles. The second-order valence-electron chi connectivity index (χ2n) is 4.14. The fourth-order valence-corrected chi connectivity index (χ4v) is 2.06. The Morgan fingerprint density at radius 3 is 3.00 bits per heavy atom. The molecule has 0 saturated heterocycles. The van der Waals surface area contributed by atoms with Gasteiger partial charge in [-0.2, -0.15) is 0 Å². The summed E-state index contributed by atoms with van der Waals surface area (Å²) in [6, 6.07) is 0.148. The maximum Gasteiger partial charge on any atom is 0.330 e. The molecule has 0 amide bonds. The molecule has 7 heteroatoms. The zero-order valence-corrected chi connectivity index (χ0v) is 9.09. The Labute approximate surface area is 92.8 Å². The molecule has 3 N–H and O–H groups in total. The van der Waals surface area contributed by atoms with Crippen LogP contribution in [0.1, 0.15) is 19.3 Å². The lowest BCUT2D eigenvalue weighted by molar-refractivity contribution is -0.384. The Hall–Kier alpha value is -1.63. The monoisotopic (exact) mass is 225 g/mol. The number of hydrogen-bond acceptors (Lipinski definition) is 5. The molecule has 2 unspecified atom stereocenters. The van der Waals surface area contributed by atoms with Crippen molar-refractivity contribution in [1.82, 2.24) is 9.78 Å². The first-order chi connectivity index (χ1) is 7.58. The van der Waals surface area contributed by atoms with Gasteiger partial charge in [0.2, 0.25) is 5.82 Å². The van der Waals surface area contributed by atoms with Gasteiger partial charge in [0.1, 0.15) is 6.20 Å². The Balaban J connectivity index is 2.17. The zero-order chi connectivity index (χ0) is 11.7. The van der Waals surface area contributed by atoms with E-state index in [2.05, 4.69) is 10.4 Å². The summed E-state index contributed by atoms with van der Waals surface area (Å²) in [5.41, 5.74) is 5.89. The van der Waals surface area contributed by atoms with Crippen LogP contribution in [0.2, 0.25) is 0 Å². The highest BCUT2D eigenvalue weighted by Crippen LogP contribution is 2.26. The van der Waals surface area contributed by atoms with Crippen molar-refractivity contribution in [3.8, 4) is 0 Å². The summed E-state index contributed by atoms with van der Waals surface area (Å²) in [4.78, 5) is 10.3. The highest BCUT2D eigenvalue weighted by molar-refractivity contribution is 5.55. The molecule has 1 aliphatic rings. The van der Waals surface area contributed by atoms with Gasteiger partial charge in [0.05, 0.1) is 4.92 Å². The topological polar surface area (TPSA) is 99.0 Å². The number of rotatable bonds is 3. The van der Waals surface area contributed by atoms with Crippen molar-refractivity contribution >= 4 is 11.5 Å². The van der Waals surface area contributed by atoms with Gasteiger partial charge in [-0.05, 0) is 19.3 Å². The lowest BCUT2D eigenvalue weighted by atomic mass is 10.2. The van der Waals surface area contributed by atoms with Crippen molar-refractivity contribution < 1.29 is 4.92 Å². The number of aromatic nitrogens is 2. The van der Waals surface area contributed by atoms with E-state index >= 15 is 0 Å². The van der Waals surface area contributed by atoms with E-state index in [0.29, 0.717) is 5.82 Å². The number of nitrogens with two attached hydrogens (primary N) is 1. The maximum atomic E-state index is 10.8. The van der Waals surface area contributed by atoms with Gasteiger partial charge < -0.3 is 11.1 Å². The quantitative estimate of drug-likeness (QED) is 0.580. The lowest BCUT2D eigenvalue weighted by Crippen LogP contribution is -2.35. The molecule has 1 aromatic heterocycles. The van der Waals surface area contributed by atoms with Crippen molar-refractivity contribution in [2.75, 3.05) is 5.32 Å². The average Bonchev–Trinajstić information content (AvgIpc) is 2.75. The number of nitrogens with zero attached hydrogens (tertiary/aromatic N) is 3. The number of nitrogens with one attached hydrogen (secondary N) is 1. The van der Waals surface area contributed by atoms with Crippen LogP contribution in [0.4, 0.5) is 11.5 Å². The number of anilines is 1. The first kappa shape index (κ1) is 10.9. The molecule has 0 radical (unpaired) electrons. The molecule has 88 valence electrons. The Bertz CT molecular complexity index is 403. The Kier molecular flexibility index (Phi) is 2.78. The lowest BCUT2D eigenvalue weighted by Gasteiger charge is -2.15. The maximum absolute atomic E-state index is 10.8. The Morgan fingerprint density at radius 2 is 2.44 bits per heavy atom. The van der Waals surface area contributed by atoms with E-state index in [1.165, 1.54) is 10.9 Å². The van der Waals surface area contributed by atoms with Crippen molar-refractivity contribution in [1.29, 1.82) is 0 Å². The molecule has 1 heterocycles. The van der Waals surface area contributed by atoms with E-state index < -0.39 is 4.92 Å². The number of nitro groups is 1. The van der Waals surface area contributed by atoms with Gasteiger partial charge in [-0.15, -0.1) is 5.10 Å². The van der Waals surface area contributed by atoms with Gasteiger partial charge in [0.15, 0.2) is 0 Å². The van der Waals surface area contributed by atoms with Crippen LogP contribution >= 0.6 is 0 Å². The summed E-state index contributed by atoms with van der Waals surface area (Å²) in [6.07, 6.45) is 4.34. The minimum Gasteiger partial charge on any atom is -0.359 e. The summed E-state index contributed by atoms with van der Waals surface area (Å²) in [5.74, 6) is 0.315. The third-order valence-electron chi connectivity index (χ3n) is 2.90. The van der Waals surface area contributed by atoms with Crippen LogP contribution in [0.25, 0.3) is 0 Å². The second-order valence-corrected chi connectivity index (χ2v) is 4.14. The molecule has 1 fully saturated rings. The predicted octanol–water partition coefficient (Wildman–Crippen LogP) is 0.620. The predicted molar refractivity (Wildman–Crippen MR) is 59.1 cm³/mol. The van der Waals surface area contributed by atoms with Gasteiger partial charge in [-0.3, -0.25) is 14.8 Å². The van der Waals surface area contributed by atoms with Crippen LogP contribution in [0.3, 0.4) is 0 Å². The third-order valence-corrected chi connectivity index (χ3v) is 2.90. The van der Waals surface area contributed by atoms with Gasteiger partial charge in [-0.1, -0.05) is 0 Å². The van der Waals surface area contributed by atoms with Gasteiger partial charge in [-0.25, -0.2) is 0 Å². The van der Waals surface area contributed by atoms with Crippen molar-refractivity contribution in [3.05, 3.63) is 16.3 Å². The first-order valence-electron chi connectivity index (χ1n) is 5.28. The number of hydrogen-bond donors (Lipinski definition) is 2. The van der Waals surface area contributed by atoms with E-state index in [1.54, 1.807) is 7.05 Å². The Morgan fingerprint density at radius 1 is 1.69 bits per heavy atom. The van der Waals surface area contributed by atoms with Crippen molar-refractivity contribution in [2.24, 2.45) is 12.8 Å². The largest absolute Gasteiger partial charge is 0.359 e. The number of aryl methyl sites for hydroxylation is 1. The molecule has 1 aromatic rings. The van der Waals surface area contributed by atoms with Crippen LogP contribution in [0, 0.1) is 10.1 Å². The van der Waals surface area contributed by atoms with E-state index in [4.69, 9.17) is 5.73 Å². The van der Waals surface area contributed by atoms with E-state index in [9.17, 15) is 10.1 Å². The molecular weight excluding hydrogens is 210 g/mol. The summed E-state index contributed by atoms with van der Waals surface area (Å²) < 4.78 is 1.43. The van der Waals surface area contributed by atoms with E-state index in [-0.39, 0.29) is 17.8 Å². The van der Waals surface area contributed by atoms with Crippen LogP contribution in [-0.4, -0.2) is 26.8 Å². The molecule has 0 aliphatic heterocycles. The molecule has 2 atom stereocenters. The fourth-order valence-electron chi connectivity index (χ4n) is 2.06. The molecule has 2 rings (SSSR count). The molecule has 0 bridgehead atoms. The van der Waals surface area contributed by atoms with E-state index in [1.807, 2.05) is 0 Å². The average molecular weight is 225 g/mol. The molecule has 0 spiro atoms. The van der Waals surface area contributed by atoms with E-state index in [0.717, 1.165) is 19.3 Å². The minimum atomic E-state index is -0.435. The van der Waals surface area contributed by atoms with Crippen LogP contribution in [0.5, 0.6) is 0 Å². The van der Waals surface area contributed by atoms with Gasteiger partial charge >= 0.3 is 5.69 Å². The first-order valence-corrected chi connectivity index (χ1v) is 5.28. The summed E-state index contributed by atoms with van der Waals surface area (Å²) in [5, 5.41) is 17.9. The standard InChI is InChI=1S/C9H15N5O2/c1-13-5-8(14(15)16)9(12-13)11-7-4-2-3-6(7)10/h5-7H,2-4,10H2,1H3,(H,11,12). The van der Waals surface area contributed by atoms with Gasteiger partial charge in [0.25, 0.3) is 0 Å². The van der Waals surface area contributed by atoms with Crippen molar-refractivity contribution in [2.45, 2.75) is 31.3 Å². The molecule has 16 heavy (non-hydrogen) atoms. The minimum absolute atomic E-state index is 0.00148. The zero-order valence-electron chi connectivity index (χ0n) is 9.09. The highest BCUT2D eigenvalue weighted by Gasteiger charge is 2.27. The highest BCUT2D eigenvalue weighted by atomic mass is 16.6. The van der Waals surface area contributed by atoms with Crippen LogP contribution < -0.4 is 11.1 Å². The molecule has 1 saturated carbocycles. The molecule has 1 aliphatic carbocycles. The van der Waals surface area contributed by atoms with Crippen LogP contribution in [0.15, 0.2) is 6.20 Å². The molecular formula is C9H15N5O2. The fraction of sp³-hybridized carbons (Fsp3) is 0.667. The normalized spacial score (nSPS) is 24.6.